The topological polar surface area (TPSA) is 38.0 Å². The van der Waals surface area contributed by atoms with E-state index in [4.69, 9.17) is 5.84 Å². The summed E-state index contributed by atoms with van der Waals surface area (Å²) in [5.74, 6) is 7.24. The van der Waals surface area contributed by atoms with Crippen LogP contribution in [-0.4, -0.2) is 6.04 Å². The molecule has 0 amide bonds. The van der Waals surface area contributed by atoms with E-state index in [-0.39, 0.29) is 0 Å². The van der Waals surface area contributed by atoms with Gasteiger partial charge >= 0.3 is 0 Å². The van der Waals surface area contributed by atoms with E-state index < -0.39 is 0 Å². The molecule has 1 aliphatic rings. The summed E-state index contributed by atoms with van der Waals surface area (Å²) in [5.41, 5.74) is 2.94. The monoisotopic (exact) mass is 170 g/mol. The minimum Gasteiger partial charge on any atom is -0.271 e. The Morgan fingerprint density at radius 1 is 1.50 bits per heavy atom. The average Bonchev–Trinajstić information content (AvgIpc) is 2.07. The predicted octanol–water partition coefficient (Wildman–Crippen LogP) is 2.05. The van der Waals surface area contributed by atoms with Gasteiger partial charge in [-0.1, -0.05) is 26.7 Å². The third-order valence-corrected chi connectivity index (χ3v) is 3.20. The van der Waals surface area contributed by atoms with E-state index in [1.165, 1.54) is 25.7 Å². The van der Waals surface area contributed by atoms with Crippen LogP contribution in [0, 0.1) is 11.8 Å². The maximum Gasteiger partial charge on any atom is 0.0236 e. The van der Waals surface area contributed by atoms with Gasteiger partial charge in [0.2, 0.25) is 0 Å². The summed E-state index contributed by atoms with van der Waals surface area (Å²) in [7, 11) is 0. The van der Waals surface area contributed by atoms with Crippen molar-refractivity contribution in [2.45, 2.75) is 52.0 Å². The molecule has 1 fully saturated rings. The molecule has 2 heteroatoms. The smallest absolute Gasteiger partial charge is 0.0236 e. The molecule has 0 aromatic rings. The van der Waals surface area contributed by atoms with E-state index in [1.54, 1.807) is 0 Å². The fraction of sp³-hybridized carbons (Fsp3) is 1.00. The molecule has 3 atom stereocenters. The minimum atomic E-state index is 0.549. The van der Waals surface area contributed by atoms with Gasteiger partial charge in [-0.3, -0.25) is 11.3 Å². The largest absolute Gasteiger partial charge is 0.271 e. The maximum atomic E-state index is 5.51. The first-order chi connectivity index (χ1) is 5.77. The maximum absolute atomic E-state index is 5.51. The van der Waals surface area contributed by atoms with Gasteiger partial charge in [-0.15, -0.1) is 0 Å². The Morgan fingerprint density at radius 2 is 2.25 bits per heavy atom. The summed E-state index contributed by atoms with van der Waals surface area (Å²) in [6, 6.07) is 0.549. The molecule has 2 nitrogen and oxygen atoms in total. The van der Waals surface area contributed by atoms with E-state index in [1.807, 2.05) is 0 Å². The minimum absolute atomic E-state index is 0.549. The summed E-state index contributed by atoms with van der Waals surface area (Å²) in [5, 5.41) is 0. The van der Waals surface area contributed by atoms with Gasteiger partial charge in [0, 0.05) is 6.04 Å². The van der Waals surface area contributed by atoms with Gasteiger partial charge < -0.3 is 0 Å². The second-order valence-electron chi connectivity index (χ2n) is 4.21. The Balaban J connectivity index is 2.38. The Bertz CT molecular complexity index is 121. The van der Waals surface area contributed by atoms with E-state index >= 15 is 0 Å². The highest BCUT2D eigenvalue weighted by Gasteiger charge is 2.24. The fourth-order valence-corrected chi connectivity index (χ4v) is 2.43. The lowest BCUT2D eigenvalue weighted by Gasteiger charge is -2.32. The van der Waals surface area contributed by atoms with Crippen LogP contribution in [0.15, 0.2) is 0 Å². The molecule has 72 valence electrons. The Morgan fingerprint density at radius 3 is 2.75 bits per heavy atom. The molecule has 0 aromatic heterocycles. The van der Waals surface area contributed by atoms with Crippen LogP contribution in [0.3, 0.4) is 0 Å². The molecule has 12 heavy (non-hydrogen) atoms. The highest BCUT2D eigenvalue weighted by molar-refractivity contribution is 4.79. The van der Waals surface area contributed by atoms with Crippen molar-refractivity contribution in [3.63, 3.8) is 0 Å². The number of nitrogens with two attached hydrogens (primary N) is 1. The van der Waals surface area contributed by atoms with Crippen molar-refractivity contribution in [3.05, 3.63) is 0 Å². The number of hydrogen-bond donors (Lipinski definition) is 2. The fourth-order valence-electron chi connectivity index (χ4n) is 2.43. The van der Waals surface area contributed by atoms with Crippen molar-refractivity contribution in [3.8, 4) is 0 Å². The zero-order valence-electron chi connectivity index (χ0n) is 8.34. The summed E-state index contributed by atoms with van der Waals surface area (Å²) < 4.78 is 0. The summed E-state index contributed by atoms with van der Waals surface area (Å²) in [4.78, 5) is 0. The first kappa shape index (κ1) is 10.0. The quantitative estimate of drug-likeness (QED) is 0.502. The molecule has 0 saturated heterocycles. The molecular formula is C10H22N2. The molecule has 0 spiro atoms. The van der Waals surface area contributed by atoms with Crippen LogP contribution in [-0.2, 0) is 0 Å². The van der Waals surface area contributed by atoms with E-state index in [0.717, 1.165) is 18.3 Å². The van der Waals surface area contributed by atoms with Crippen molar-refractivity contribution >= 4 is 0 Å². The van der Waals surface area contributed by atoms with Crippen LogP contribution in [0.4, 0.5) is 0 Å². The van der Waals surface area contributed by atoms with Gasteiger partial charge in [-0.05, 0) is 31.1 Å². The predicted molar refractivity (Wildman–Crippen MR) is 52.5 cm³/mol. The Hall–Kier alpha value is -0.0800. The molecular weight excluding hydrogens is 148 g/mol. The molecule has 3 N–H and O–H groups in total. The van der Waals surface area contributed by atoms with Crippen molar-refractivity contribution in [1.82, 2.24) is 5.43 Å². The van der Waals surface area contributed by atoms with Gasteiger partial charge in [0.1, 0.15) is 0 Å². The summed E-state index contributed by atoms with van der Waals surface area (Å²) in [6.45, 7) is 4.57. The highest BCUT2D eigenvalue weighted by Crippen LogP contribution is 2.31. The highest BCUT2D eigenvalue weighted by atomic mass is 15.2. The molecule has 3 unspecified atom stereocenters. The lowest BCUT2D eigenvalue weighted by Crippen LogP contribution is -2.41. The molecule has 0 heterocycles. The number of hydrazine groups is 1. The molecule has 0 aromatic carbocycles. The van der Waals surface area contributed by atoms with Crippen LogP contribution < -0.4 is 11.3 Å². The molecule has 1 saturated carbocycles. The van der Waals surface area contributed by atoms with E-state index in [9.17, 15) is 0 Å². The van der Waals surface area contributed by atoms with Gasteiger partial charge in [0.05, 0.1) is 0 Å². The SMILES string of the molecule is CCC(NN)C1CCCC(C)C1. The normalized spacial score (nSPS) is 33.2. The third kappa shape index (κ3) is 2.46. The first-order valence-electron chi connectivity index (χ1n) is 5.24. The third-order valence-electron chi connectivity index (χ3n) is 3.20. The van der Waals surface area contributed by atoms with Crippen molar-refractivity contribution in [2.24, 2.45) is 17.7 Å². The van der Waals surface area contributed by atoms with Gasteiger partial charge in [0.25, 0.3) is 0 Å². The summed E-state index contributed by atoms with van der Waals surface area (Å²) in [6.07, 6.45) is 6.70. The number of nitrogens with one attached hydrogen (secondary N) is 1. The standard InChI is InChI=1S/C10H22N2/c1-3-10(12-11)9-6-4-5-8(2)7-9/h8-10,12H,3-7,11H2,1-2H3. The number of rotatable bonds is 3. The molecule has 0 aliphatic heterocycles. The second-order valence-corrected chi connectivity index (χ2v) is 4.21. The molecule has 1 aliphatic carbocycles. The summed E-state index contributed by atoms with van der Waals surface area (Å²) >= 11 is 0. The van der Waals surface area contributed by atoms with Crippen LogP contribution >= 0.6 is 0 Å². The van der Waals surface area contributed by atoms with Gasteiger partial charge in [-0.25, -0.2) is 0 Å². The van der Waals surface area contributed by atoms with E-state index in [2.05, 4.69) is 19.3 Å². The van der Waals surface area contributed by atoms with Gasteiger partial charge in [0.15, 0.2) is 0 Å². The zero-order chi connectivity index (χ0) is 8.97. The average molecular weight is 170 g/mol. The molecule has 1 rings (SSSR count). The lowest BCUT2D eigenvalue weighted by atomic mass is 9.78. The van der Waals surface area contributed by atoms with Crippen LogP contribution in [0.2, 0.25) is 0 Å². The zero-order valence-corrected chi connectivity index (χ0v) is 8.34. The van der Waals surface area contributed by atoms with Crippen LogP contribution in [0.25, 0.3) is 0 Å². The van der Waals surface area contributed by atoms with E-state index in [0.29, 0.717) is 6.04 Å². The first-order valence-corrected chi connectivity index (χ1v) is 5.24. The Kier molecular flexibility index (Phi) is 4.02. The second kappa shape index (κ2) is 4.83. The Labute approximate surface area is 75.9 Å². The molecule has 0 radical (unpaired) electrons. The van der Waals surface area contributed by atoms with Crippen LogP contribution in [0.5, 0.6) is 0 Å². The van der Waals surface area contributed by atoms with Crippen LogP contribution in [0.1, 0.15) is 46.0 Å². The lowest BCUT2D eigenvalue weighted by molar-refractivity contribution is 0.219. The van der Waals surface area contributed by atoms with Gasteiger partial charge in [-0.2, -0.15) is 0 Å². The van der Waals surface area contributed by atoms with Crippen molar-refractivity contribution < 1.29 is 0 Å². The number of hydrogen-bond acceptors (Lipinski definition) is 2. The van der Waals surface area contributed by atoms with Crippen molar-refractivity contribution in [2.75, 3.05) is 0 Å². The molecule has 0 bridgehead atoms. The van der Waals surface area contributed by atoms with Crippen molar-refractivity contribution in [1.29, 1.82) is 0 Å².